The molecule has 1 amide bonds. The van der Waals surface area contributed by atoms with Gasteiger partial charge in [0, 0.05) is 18.9 Å². The van der Waals surface area contributed by atoms with Gasteiger partial charge in [-0.15, -0.1) is 0 Å². The second kappa shape index (κ2) is 4.28. The van der Waals surface area contributed by atoms with Gasteiger partial charge in [-0.2, -0.15) is 0 Å². The van der Waals surface area contributed by atoms with Gasteiger partial charge in [-0.3, -0.25) is 4.79 Å². The first kappa shape index (κ1) is 11.2. The molecule has 0 unspecified atom stereocenters. The average Bonchev–Trinajstić information content (AvgIpc) is 3.08. The van der Waals surface area contributed by atoms with Crippen molar-refractivity contribution in [1.29, 1.82) is 0 Å². The maximum atomic E-state index is 11.0. The number of benzene rings is 1. The molecule has 0 radical (unpaired) electrons. The fraction of sp³-hybridized carbons (Fsp3) is 0.500. The van der Waals surface area contributed by atoms with Gasteiger partial charge in [0.15, 0.2) is 0 Å². The van der Waals surface area contributed by atoms with Crippen molar-refractivity contribution < 1.29 is 4.79 Å². The van der Waals surface area contributed by atoms with Crippen molar-refractivity contribution in [2.45, 2.75) is 38.5 Å². The first-order valence-electron chi connectivity index (χ1n) is 6.00. The normalized spacial score (nSPS) is 16.9. The van der Waals surface area contributed by atoms with Gasteiger partial charge in [-0.1, -0.05) is 31.2 Å². The highest BCUT2D eigenvalue weighted by Crippen LogP contribution is 2.47. The average molecular weight is 217 g/mol. The van der Waals surface area contributed by atoms with E-state index in [1.165, 1.54) is 24.0 Å². The first-order chi connectivity index (χ1) is 7.66. The lowest BCUT2D eigenvalue weighted by Gasteiger charge is -2.16. The summed E-state index contributed by atoms with van der Waals surface area (Å²) >= 11 is 0. The largest absolute Gasteiger partial charge is 0.355 e. The molecule has 1 aliphatic rings. The van der Waals surface area contributed by atoms with Crippen LogP contribution < -0.4 is 5.32 Å². The van der Waals surface area contributed by atoms with Crippen LogP contribution >= 0.6 is 0 Å². The lowest BCUT2D eigenvalue weighted by molar-refractivity contribution is -0.119. The van der Waals surface area contributed by atoms with Crippen LogP contribution in [-0.4, -0.2) is 12.5 Å². The molecule has 0 aromatic heterocycles. The molecule has 1 aromatic rings. The van der Waals surface area contributed by atoms with Crippen LogP contribution in [0.25, 0.3) is 0 Å². The van der Waals surface area contributed by atoms with Gasteiger partial charge >= 0.3 is 0 Å². The Morgan fingerprint density at radius 1 is 1.44 bits per heavy atom. The SMILES string of the molecule is CCc1cccc(C2(CNC(C)=O)CC2)c1. The molecular formula is C14H19NO. The van der Waals surface area contributed by atoms with E-state index in [0.29, 0.717) is 0 Å². The minimum atomic E-state index is 0.0675. The van der Waals surface area contributed by atoms with Crippen LogP contribution in [0.3, 0.4) is 0 Å². The van der Waals surface area contributed by atoms with Crippen LogP contribution in [0.1, 0.15) is 37.8 Å². The summed E-state index contributed by atoms with van der Waals surface area (Å²) in [5.74, 6) is 0.0675. The van der Waals surface area contributed by atoms with Crippen LogP contribution in [0, 0.1) is 0 Å². The van der Waals surface area contributed by atoms with Crippen molar-refractivity contribution in [3.05, 3.63) is 35.4 Å². The standard InChI is InChI=1S/C14H19NO/c1-3-12-5-4-6-13(9-12)14(7-8-14)10-15-11(2)16/h4-6,9H,3,7-8,10H2,1-2H3,(H,15,16). The molecule has 0 atom stereocenters. The van der Waals surface area contributed by atoms with Crippen molar-refractivity contribution >= 4 is 5.91 Å². The minimum Gasteiger partial charge on any atom is -0.355 e. The number of carbonyl (C=O) groups excluding carboxylic acids is 1. The van der Waals surface area contributed by atoms with Gasteiger partial charge in [-0.05, 0) is 30.4 Å². The van der Waals surface area contributed by atoms with E-state index < -0.39 is 0 Å². The second-order valence-electron chi connectivity index (χ2n) is 4.74. The maximum absolute atomic E-state index is 11.0. The van der Waals surface area contributed by atoms with Gasteiger partial charge in [0.05, 0.1) is 0 Å². The van der Waals surface area contributed by atoms with E-state index in [0.717, 1.165) is 13.0 Å². The van der Waals surface area contributed by atoms with Crippen molar-refractivity contribution in [3.8, 4) is 0 Å². The molecule has 16 heavy (non-hydrogen) atoms. The Morgan fingerprint density at radius 2 is 2.19 bits per heavy atom. The number of hydrogen-bond acceptors (Lipinski definition) is 1. The van der Waals surface area contributed by atoms with E-state index in [-0.39, 0.29) is 11.3 Å². The molecular weight excluding hydrogens is 198 g/mol. The predicted molar refractivity (Wildman–Crippen MR) is 65.4 cm³/mol. The van der Waals surface area contributed by atoms with Crippen LogP contribution in [-0.2, 0) is 16.6 Å². The highest BCUT2D eigenvalue weighted by atomic mass is 16.1. The topological polar surface area (TPSA) is 29.1 Å². The van der Waals surface area contributed by atoms with Gasteiger partial charge < -0.3 is 5.32 Å². The molecule has 0 spiro atoms. The van der Waals surface area contributed by atoms with Gasteiger partial charge in [0.1, 0.15) is 0 Å². The summed E-state index contributed by atoms with van der Waals surface area (Å²) in [6, 6.07) is 8.77. The van der Waals surface area contributed by atoms with E-state index in [1.54, 1.807) is 6.92 Å². The molecule has 1 N–H and O–H groups in total. The summed E-state index contributed by atoms with van der Waals surface area (Å²) in [5, 5.41) is 2.95. The van der Waals surface area contributed by atoms with E-state index in [4.69, 9.17) is 0 Å². The summed E-state index contributed by atoms with van der Waals surface area (Å²) in [5.41, 5.74) is 3.00. The van der Waals surface area contributed by atoms with Crippen LogP contribution in [0.15, 0.2) is 24.3 Å². The lowest BCUT2D eigenvalue weighted by atomic mass is 9.94. The van der Waals surface area contributed by atoms with Crippen LogP contribution in [0.4, 0.5) is 0 Å². The number of hydrogen-bond donors (Lipinski definition) is 1. The highest BCUT2D eigenvalue weighted by molar-refractivity contribution is 5.73. The van der Waals surface area contributed by atoms with E-state index in [2.05, 4.69) is 36.5 Å². The van der Waals surface area contributed by atoms with Gasteiger partial charge in [0.25, 0.3) is 0 Å². The third-order valence-corrected chi connectivity index (χ3v) is 3.48. The number of amides is 1. The summed E-state index contributed by atoms with van der Waals surface area (Å²) in [4.78, 5) is 11.0. The third kappa shape index (κ3) is 2.26. The minimum absolute atomic E-state index is 0.0675. The van der Waals surface area contributed by atoms with Gasteiger partial charge in [0.2, 0.25) is 5.91 Å². The summed E-state index contributed by atoms with van der Waals surface area (Å²) in [6.45, 7) is 4.54. The number of carbonyl (C=O) groups is 1. The van der Waals surface area contributed by atoms with Crippen LogP contribution in [0.5, 0.6) is 0 Å². The van der Waals surface area contributed by atoms with Gasteiger partial charge in [-0.25, -0.2) is 0 Å². The van der Waals surface area contributed by atoms with E-state index >= 15 is 0 Å². The lowest BCUT2D eigenvalue weighted by Crippen LogP contribution is -2.30. The van der Waals surface area contributed by atoms with Crippen molar-refractivity contribution in [3.63, 3.8) is 0 Å². The second-order valence-corrected chi connectivity index (χ2v) is 4.74. The Bertz CT molecular complexity index is 393. The molecule has 0 bridgehead atoms. The number of nitrogens with one attached hydrogen (secondary N) is 1. The first-order valence-corrected chi connectivity index (χ1v) is 6.00. The molecule has 2 nitrogen and oxygen atoms in total. The summed E-state index contributed by atoms with van der Waals surface area (Å²) < 4.78 is 0. The number of aryl methyl sites for hydroxylation is 1. The molecule has 0 heterocycles. The fourth-order valence-corrected chi connectivity index (χ4v) is 2.13. The zero-order valence-corrected chi connectivity index (χ0v) is 10.0. The molecule has 86 valence electrons. The fourth-order valence-electron chi connectivity index (χ4n) is 2.13. The van der Waals surface area contributed by atoms with E-state index in [1.807, 2.05) is 0 Å². The molecule has 1 fully saturated rings. The predicted octanol–water partition coefficient (Wildman–Crippen LogP) is 2.42. The zero-order valence-electron chi connectivity index (χ0n) is 10.0. The molecule has 0 aliphatic heterocycles. The Labute approximate surface area is 97.1 Å². The van der Waals surface area contributed by atoms with Crippen molar-refractivity contribution in [2.24, 2.45) is 0 Å². The Hall–Kier alpha value is -1.31. The molecule has 1 aromatic carbocycles. The van der Waals surface area contributed by atoms with Crippen LogP contribution in [0.2, 0.25) is 0 Å². The summed E-state index contributed by atoms with van der Waals surface area (Å²) in [7, 11) is 0. The maximum Gasteiger partial charge on any atom is 0.216 e. The molecule has 1 saturated carbocycles. The Morgan fingerprint density at radius 3 is 2.75 bits per heavy atom. The Kier molecular flexibility index (Phi) is 2.99. The highest BCUT2D eigenvalue weighted by Gasteiger charge is 2.44. The van der Waals surface area contributed by atoms with E-state index in [9.17, 15) is 4.79 Å². The van der Waals surface area contributed by atoms with Crippen molar-refractivity contribution in [1.82, 2.24) is 5.32 Å². The molecule has 1 aliphatic carbocycles. The zero-order chi connectivity index (χ0) is 11.6. The molecule has 0 saturated heterocycles. The monoisotopic (exact) mass is 217 g/mol. The molecule has 2 rings (SSSR count). The van der Waals surface area contributed by atoms with Crippen molar-refractivity contribution in [2.75, 3.05) is 6.54 Å². The number of rotatable bonds is 4. The Balaban J connectivity index is 2.13. The molecule has 2 heteroatoms. The quantitative estimate of drug-likeness (QED) is 0.824. The third-order valence-electron chi connectivity index (χ3n) is 3.48. The summed E-state index contributed by atoms with van der Waals surface area (Å²) in [6.07, 6.45) is 3.46. The smallest absolute Gasteiger partial charge is 0.216 e.